The average molecular weight is 218 g/mol. The molecular weight excluding hydrogens is 196 g/mol. The van der Waals surface area contributed by atoms with Crippen molar-refractivity contribution in [2.24, 2.45) is 5.41 Å². The smallest absolute Gasteiger partial charge is 0.0441 e. The van der Waals surface area contributed by atoms with Crippen LogP contribution in [0.25, 0.3) is 0 Å². The lowest BCUT2D eigenvalue weighted by molar-refractivity contribution is 0.0669. The van der Waals surface area contributed by atoms with Gasteiger partial charge in [-0.3, -0.25) is 4.98 Å². The molecule has 0 spiro atoms. The van der Waals surface area contributed by atoms with Gasteiger partial charge >= 0.3 is 0 Å². The van der Waals surface area contributed by atoms with E-state index in [-0.39, 0.29) is 0 Å². The average Bonchev–Trinajstić information content (AvgIpc) is 2.29. The highest BCUT2D eigenvalue weighted by Crippen LogP contribution is 2.51. The highest BCUT2D eigenvalue weighted by molar-refractivity contribution is 5.20. The minimum absolute atomic E-state index is 0.337. The fourth-order valence-corrected chi connectivity index (χ4v) is 2.67. The van der Waals surface area contributed by atoms with Crippen molar-refractivity contribution in [2.75, 3.05) is 6.54 Å². The van der Waals surface area contributed by atoms with Crippen LogP contribution in [-0.4, -0.2) is 17.6 Å². The molecule has 0 bridgehead atoms. The molecule has 0 aliphatic heterocycles. The Morgan fingerprint density at radius 1 is 1.44 bits per heavy atom. The normalized spacial score (nSPS) is 27.4. The van der Waals surface area contributed by atoms with Crippen LogP contribution in [0.2, 0.25) is 0 Å². The predicted octanol–water partition coefficient (Wildman–Crippen LogP) is 2.96. The summed E-state index contributed by atoms with van der Waals surface area (Å²) in [6.07, 6.45) is 4.34. The van der Waals surface area contributed by atoms with E-state index in [1.165, 1.54) is 18.5 Å². The van der Waals surface area contributed by atoms with E-state index in [2.05, 4.69) is 43.2 Å². The minimum atomic E-state index is 0.337. The highest BCUT2D eigenvalue weighted by Gasteiger charge is 2.48. The lowest BCUT2D eigenvalue weighted by Crippen LogP contribution is -2.55. The van der Waals surface area contributed by atoms with E-state index in [0.717, 1.165) is 6.54 Å². The number of nitrogens with zero attached hydrogens (tertiary/aromatic N) is 1. The molecule has 88 valence electrons. The van der Waals surface area contributed by atoms with Crippen molar-refractivity contribution in [3.63, 3.8) is 0 Å². The maximum Gasteiger partial charge on any atom is 0.0441 e. The third-order valence-electron chi connectivity index (χ3n) is 3.95. The second-order valence-electron chi connectivity index (χ2n) is 5.37. The van der Waals surface area contributed by atoms with Gasteiger partial charge in [0.15, 0.2) is 0 Å². The van der Waals surface area contributed by atoms with Crippen LogP contribution in [0, 0.1) is 5.41 Å². The number of pyridine rings is 1. The van der Waals surface area contributed by atoms with Crippen molar-refractivity contribution in [1.82, 2.24) is 10.3 Å². The summed E-state index contributed by atoms with van der Waals surface area (Å²) in [4.78, 5) is 4.48. The molecule has 2 nitrogen and oxygen atoms in total. The molecule has 2 unspecified atom stereocenters. The Morgan fingerprint density at radius 3 is 2.81 bits per heavy atom. The van der Waals surface area contributed by atoms with Crippen LogP contribution >= 0.6 is 0 Å². The standard InChI is InChI=1S/C14H22N2/c1-4-8-16-13-10-11(14(13,2)3)12-7-5-6-9-15-12/h5-7,9,11,13,16H,4,8,10H2,1-3H3. The van der Waals surface area contributed by atoms with Crippen molar-refractivity contribution in [3.05, 3.63) is 30.1 Å². The van der Waals surface area contributed by atoms with Crippen LogP contribution in [0.1, 0.15) is 45.2 Å². The first-order valence-electron chi connectivity index (χ1n) is 6.30. The molecule has 2 rings (SSSR count). The summed E-state index contributed by atoms with van der Waals surface area (Å²) in [5, 5.41) is 3.63. The molecule has 1 aliphatic carbocycles. The topological polar surface area (TPSA) is 24.9 Å². The minimum Gasteiger partial charge on any atom is -0.313 e. The molecule has 1 N–H and O–H groups in total. The van der Waals surface area contributed by atoms with Gasteiger partial charge in [-0.05, 0) is 36.9 Å². The fourth-order valence-electron chi connectivity index (χ4n) is 2.67. The lowest BCUT2D eigenvalue weighted by atomic mass is 9.57. The second kappa shape index (κ2) is 4.54. The molecule has 1 fully saturated rings. The largest absolute Gasteiger partial charge is 0.313 e. The van der Waals surface area contributed by atoms with Gasteiger partial charge in [0.05, 0.1) is 0 Å². The van der Waals surface area contributed by atoms with Gasteiger partial charge in [-0.1, -0.05) is 26.8 Å². The van der Waals surface area contributed by atoms with Crippen LogP contribution in [-0.2, 0) is 0 Å². The Balaban J connectivity index is 2.01. The Hall–Kier alpha value is -0.890. The third kappa shape index (κ3) is 1.99. The SMILES string of the molecule is CCCNC1CC(c2ccccn2)C1(C)C. The van der Waals surface area contributed by atoms with Crippen LogP contribution in [0.3, 0.4) is 0 Å². The number of nitrogens with one attached hydrogen (secondary N) is 1. The van der Waals surface area contributed by atoms with Crippen LogP contribution in [0.4, 0.5) is 0 Å². The third-order valence-corrected chi connectivity index (χ3v) is 3.95. The maximum absolute atomic E-state index is 4.48. The fraction of sp³-hybridized carbons (Fsp3) is 0.643. The molecule has 2 atom stereocenters. The van der Waals surface area contributed by atoms with Crippen molar-refractivity contribution in [3.8, 4) is 0 Å². The molecule has 1 heterocycles. The van der Waals surface area contributed by atoms with Gasteiger partial charge in [0.25, 0.3) is 0 Å². The molecular formula is C14H22N2. The van der Waals surface area contributed by atoms with E-state index in [4.69, 9.17) is 0 Å². The zero-order chi connectivity index (χ0) is 11.6. The van der Waals surface area contributed by atoms with Crippen LogP contribution < -0.4 is 5.32 Å². The Bertz CT molecular complexity index is 332. The number of aromatic nitrogens is 1. The van der Waals surface area contributed by atoms with E-state index in [1.54, 1.807) is 0 Å². The summed E-state index contributed by atoms with van der Waals surface area (Å²) in [6.45, 7) is 8.05. The first-order valence-corrected chi connectivity index (χ1v) is 6.30. The molecule has 1 saturated carbocycles. The van der Waals surface area contributed by atoms with Crippen molar-refractivity contribution >= 4 is 0 Å². The quantitative estimate of drug-likeness (QED) is 0.840. The molecule has 16 heavy (non-hydrogen) atoms. The molecule has 1 aromatic heterocycles. The van der Waals surface area contributed by atoms with Gasteiger partial charge < -0.3 is 5.32 Å². The van der Waals surface area contributed by atoms with E-state index in [0.29, 0.717) is 17.4 Å². The van der Waals surface area contributed by atoms with Gasteiger partial charge in [0, 0.05) is 23.9 Å². The van der Waals surface area contributed by atoms with E-state index < -0.39 is 0 Å². The van der Waals surface area contributed by atoms with E-state index in [1.807, 2.05) is 12.3 Å². The molecule has 0 radical (unpaired) electrons. The van der Waals surface area contributed by atoms with Crippen molar-refractivity contribution < 1.29 is 0 Å². The van der Waals surface area contributed by atoms with Gasteiger partial charge in [-0.2, -0.15) is 0 Å². The molecule has 1 aliphatic rings. The molecule has 0 saturated heterocycles. The summed E-state index contributed by atoms with van der Waals surface area (Å²) < 4.78 is 0. The first-order chi connectivity index (χ1) is 7.66. The Kier molecular flexibility index (Phi) is 3.29. The van der Waals surface area contributed by atoms with Gasteiger partial charge in [-0.25, -0.2) is 0 Å². The van der Waals surface area contributed by atoms with Crippen LogP contribution in [0.15, 0.2) is 24.4 Å². The van der Waals surface area contributed by atoms with Crippen molar-refractivity contribution in [2.45, 2.75) is 45.6 Å². The summed E-state index contributed by atoms with van der Waals surface area (Å²) in [6, 6.07) is 6.88. The number of hydrogen-bond donors (Lipinski definition) is 1. The van der Waals surface area contributed by atoms with E-state index in [9.17, 15) is 0 Å². The van der Waals surface area contributed by atoms with Gasteiger partial charge in [-0.15, -0.1) is 0 Å². The summed E-state index contributed by atoms with van der Waals surface area (Å²) in [5.41, 5.74) is 1.59. The molecule has 0 amide bonds. The van der Waals surface area contributed by atoms with Crippen LogP contribution in [0.5, 0.6) is 0 Å². The zero-order valence-electron chi connectivity index (χ0n) is 10.5. The molecule has 0 aromatic carbocycles. The lowest BCUT2D eigenvalue weighted by Gasteiger charge is -2.52. The monoisotopic (exact) mass is 218 g/mol. The zero-order valence-corrected chi connectivity index (χ0v) is 10.5. The highest BCUT2D eigenvalue weighted by atomic mass is 15.0. The maximum atomic E-state index is 4.48. The van der Waals surface area contributed by atoms with E-state index >= 15 is 0 Å². The predicted molar refractivity (Wildman–Crippen MR) is 67.5 cm³/mol. The first kappa shape index (κ1) is 11.6. The van der Waals surface area contributed by atoms with Gasteiger partial charge in [0.1, 0.15) is 0 Å². The molecule has 1 aromatic rings. The van der Waals surface area contributed by atoms with Crippen molar-refractivity contribution in [1.29, 1.82) is 0 Å². The van der Waals surface area contributed by atoms with Gasteiger partial charge in [0.2, 0.25) is 0 Å². The second-order valence-corrected chi connectivity index (χ2v) is 5.37. The number of rotatable bonds is 4. The Morgan fingerprint density at radius 2 is 2.25 bits per heavy atom. The summed E-state index contributed by atoms with van der Waals surface area (Å²) in [7, 11) is 0. The summed E-state index contributed by atoms with van der Waals surface area (Å²) >= 11 is 0. The number of hydrogen-bond acceptors (Lipinski definition) is 2. The Labute approximate surface area is 98.5 Å². The molecule has 2 heteroatoms. The summed E-state index contributed by atoms with van der Waals surface area (Å²) in [5.74, 6) is 0.614.